The maximum absolute atomic E-state index is 11.8. The fraction of sp³-hybridized carbons (Fsp3) is 0.800. The van der Waals surface area contributed by atoms with E-state index in [-0.39, 0.29) is 18.0 Å². The predicted molar refractivity (Wildman–Crippen MR) is 97.9 cm³/mol. The average molecular weight is 341 g/mol. The van der Waals surface area contributed by atoms with E-state index in [1.165, 1.54) is 6.42 Å². The third-order valence-corrected chi connectivity index (χ3v) is 4.39. The molecule has 0 aliphatic heterocycles. The van der Waals surface area contributed by atoms with E-state index in [0.29, 0.717) is 6.42 Å². The second kappa shape index (κ2) is 14.1. The van der Waals surface area contributed by atoms with Crippen LogP contribution in [0.1, 0.15) is 85.5 Å². The van der Waals surface area contributed by atoms with Crippen molar-refractivity contribution in [2.75, 3.05) is 0 Å². The number of hydrogen-bond donors (Lipinski definition) is 1. The molecule has 0 aromatic rings. The molecule has 24 heavy (non-hydrogen) atoms. The zero-order chi connectivity index (χ0) is 18.4. The topological polar surface area (TPSA) is 63.6 Å². The minimum atomic E-state index is -0.841. The molecule has 0 rings (SSSR count). The van der Waals surface area contributed by atoms with Crippen molar-refractivity contribution in [1.82, 2.24) is 0 Å². The molecule has 1 N–H and O–H groups in total. The van der Waals surface area contributed by atoms with Crippen molar-refractivity contribution in [2.24, 2.45) is 11.8 Å². The van der Waals surface area contributed by atoms with E-state index >= 15 is 0 Å². The van der Waals surface area contributed by atoms with Gasteiger partial charge >= 0.3 is 11.9 Å². The van der Waals surface area contributed by atoms with Gasteiger partial charge in [0.05, 0.1) is 5.92 Å². The summed E-state index contributed by atoms with van der Waals surface area (Å²) in [6.45, 7) is 7.75. The zero-order valence-electron chi connectivity index (χ0n) is 15.9. The van der Waals surface area contributed by atoms with E-state index in [9.17, 15) is 14.7 Å². The first-order valence-corrected chi connectivity index (χ1v) is 9.56. The molecule has 0 bridgehead atoms. The summed E-state index contributed by atoms with van der Waals surface area (Å²) in [6.07, 6.45) is 12.2. The van der Waals surface area contributed by atoms with Crippen LogP contribution in [0.5, 0.6) is 0 Å². The Bertz CT molecular complexity index is 376. The van der Waals surface area contributed by atoms with Gasteiger partial charge in [-0.2, -0.15) is 0 Å². The molecule has 0 aromatic carbocycles. The zero-order valence-corrected chi connectivity index (χ0v) is 15.9. The highest BCUT2D eigenvalue weighted by atomic mass is 16.5. The van der Waals surface area contributed by atoms with Crippen LogP contribution < -0.4 is 0 Å². The molecule has 0 heterocycles. The summed E-state index contributed by atoms with van der Waals surface area (Å²) >= 11 is 0. The summed E-state index contributed by atoms with van der Waals surface area (Å²) in [5.41, 5.74) is 0. The largest absolute Gasteiger partial charge is 0.481 e. The van der Waals surface area contributed by atoms with Crippen LogP contribution in [0.25, 0.3) is 0 Å². The van der Waals surface area contributed by atoms with E-state index in [1.807, 2.05) is 6.08 Å². The van der Waals surface area contributed by atoms with Crippen LogP contribution in [0.3, 0.4) is 0 Å². The molecule has 0 spiro atoms. The second-order valence-corrected chi connectivity index (χ2v) is 6.51. The number of ether oxygens (including phenoxy) is 1. The Hall–Kier alpha value is -1.32. The van der Waals surface area contributed by atoms with Crippen molar-refractivity contribution in [3.63, 3.8) is 0 Å². The second-order valence-electron chi connectivity index (χ2n) is 6.51. The van der Waals surface area contributed by atoms with Gasteiger partial charge in [0, 0.05) is 12.3 Å². The number of allylic oxidation sites excluding steroid dienone is 1. The molecule has 0 aromatic heterocycles. The van der Waals surface area contributed by atoms with Gasteiger partial charge in [0.15, 0.2) is 0 Å². The summed E-state index contributed by atoms with van der Waals surface area (Å²) in [5, 5.41) is 9.43. The van der Waals surface area contributed by atoms with Gasteiger partial charge in [-0.1, -0.05) is 65.5 Å². The van der Waals surface area contributed by atoms with Gasteiger partial charge in [-0.25, -0.2) is 0 Å². The van der Waals surface area contributed by atoms with Crippen molar-refractivity contribution in [3.8, 4) is 0 Å². The smallest absolute Gasteiger partial charge is 0.306 e. The third kappa shape index (κ3) is 9.74. The molecule has 0 saturated carbocycles. The summed E-state index contributed by atoms with van der Waals surface area (Å²) in [5.74, 6) is -1.93. The first kappa shape index (κ1) is 22.7. The number of carboxylic acids is 1. The lowest BCUT2D eigenvalue weighted by atomic mass is 9.85. The fourth-order valence-electron chi connectivity index (χ4n) is 2.72. The molecule has 0 aliphatic carbocycles. The van der Waals surface area contributed by atoms with Gasteiger partial charge < -0.3 is 9.84 Å². The first-order valence-electron chi connectivity index (χ1n) is 9.56. The van der Waals surface area contributed by atoms with E-state index in [0.717, 1.165) is 44.9 Å². The number of carboxylic acid groups (broad SMARTS) is 1. The van der Waals surface area contributed by atoms with Crippen LogP contribution in [-0.4, -0.2) is 23.1 Å². The van der Waals surface area contributed by atoms with Gasteiger partial charge in [0.2, 0.25) is 0 Å². The molecule has 0 radical (unpaired) electrons. The quantitative estimate of drug-likeness (QED) is 0.262. The van der Waals surface area contributed by atoms with Crippen LogP contribution in [0.15, 0.2) is 12.2 Å². The van der Waals surface area contributed by atoms with E-state index < -0.39 is 11.9 Å². The molecule has 0 saturated heterocycles. The molecule has 0 amide bonds. The van der Waals surface area contributed by atoms with Gasteiger partial charge in [0.1, 0.15) is 6.10 Å². The first-order chi connectivity index (χ1) is 11.5. The summed E-state index contributed by atoms with van der Waals surface area (Å²) < 4.78 is 5.60. The molecule has 4 heteroatoms. The Morgan fingerprint density at radius 2 is 1.67 bits per heavy atom. The Morgan fingerprint density at radius 1 is 1.04 bits per heavy atom. The summed E-state index contributed by atoms with van der Waals surface area (Å²) in [7, 11) is 0. The number of hydrogen-bond acceptors (Lipinski definition) is 3. The lowest BCUT2D eigenvalue weighted by Gasteiger charge is -2.27. The molecule has 0 unspecified atom stereocenters. The highest BCUT2D eigenvalue weighted by Gasteiger charge is 2.31. The van der Waals surface area contributed by atoms with E-state index in [1.54, 1.807) is 13.8 Å². The maximum Gasteiger partial charge on any atom is 0.306 e. The van der Waals surface area contributed by atoms with Gasteiger partial charge in [0.25, 0.3) is 0 Å². The van der Waals surface area contributed by atoms with Crippen molar-refractivity contribution in [2.45, 2.75) is 91.6 Å². The fourth-order valence-corrected chi connectivity index (χ4v) is 2.72. The Morgan fingerprint density at radius 3 is 2.21 bits per heavy atom. The molecule has 0 fully saturated rings. The number of unbranched alkanes of at least 4 members (excludes halogenated alkanes) is 5. The normalized spacial score (nSPS) is 15.2. The lowest BCUT2D eigenvalue weighted by molar-refractivity contribution is -0.156. The highest BCUT2D eigenvalue weighted by molar-refractivity contribution is 5.71. The number of carbonyl (C=O) groups excluding carboxylic acids is 1. The summed E-state index contributed by atoms with van der Waals surface area (Å²) in [6, 6.07) is 0. The predicted octanol–water partition coefficient (Wildman–Crippen LogP) is 5.36. The lowest BCUT2D eigenvalue weighted by Crippen LogP contribution is -2.33. The average Bonchev–Trinajstić information content (AvgIpc) is 2.56. The highest BCUT2D eigenvalue weighted by Crippen LogP contribution is 2.26. The van der Waals surface area contributed by atoms with E-state index in [2.05, 4.69) is 19.9 Å². The minimum Gasteiger partial charge on any atom is -0.481 e. The maximum atomic E-state index is 11.8. The van der Waals surface area contributed by atoms with Crippen molar-refractivity contribution >= 4 is 11.9 Å². The number of esters is 1. The van der Waals surface area contributed by atoms with Gasteiger partial charge in [-0.15, -0.1) is 0 Å². The van der Waals surface area contributed by atoms with Crippen LogP contribution >= 0.6 is 0 Å². The number of carbonyl (C=O) groups is 2. The Balaban J connectivity index is 5.06. The SMILES string of the molecule is CCCCC/C=C/[C@H]([C@H](CCCCC)OC(=O)CC)[C@@H](C)C(=O)O. The number of aliphatic carboxylic acids is 1. The van der Waals surface area contributed by atoms with Crippen molar-refractivity contribution in [1.29, 1.82) is 0 Å². The number of rotatable bonds is 14. The van der Waals surface area contributed by atoms with Gasteiger partial charge in [-0.3, -0.25) is 9.59 Å². The van der Waals surface area contributed by atoms with Crippen LogP contribution in [-0.2, 0) is 14.3 Å². The molecular formula is C20H36O4. The standard InChI is InChI=1S/C20H36O4/c1-5-8-10-11-13-14-17(16(4)20(22)23)18(15-12-9-6-2)24-19(21)7-3/h13-14,16-18H,5-12,15H2,1-4H3,(H,22,23)/b14-13+/t16-,17+,18+/m1/s1. The Kier molecular flexibility index (Phi) is 13.3. The van der Waals surface area contributed by atoms with Crippen molar-refractivity contribution < 1.29 is 19.4 Å². The van der Waals surface area contributed by atoms with Crippen LogP contribution in [0, 0.1) is 11.8 Å². The minimum absolute atomic E-state index is 0.251. The van der Waals surface area contributed by atoms with Crippen LogP contribution in [0.4, 0.5) is 0 Å². The monoisotopic (exact) mass is 340 g/mol. The molecule has 140 valence electrons. The van der Waals surface area contributed by atoms with E-state index in [4.69, 9.17) is 4.74 Å². The molecular weight excluding hydrogens is 304 g/mol. The molecule has 4 nitrogen and oxygen atoms in total. The van der Waals surface area contributed by atoms with Crippen molar-refractivity contribution in [3.05, 3.63) is 12.2 Å². The molecule has 3 atom stereocenters. The molecule has 0 aliphatic rings. The third-order valence-electron chi connectivity index (χ3n) is 4.39. The Labute approximate surface area is 147 Å². The van der Waals surface area contributed by atoms with Crippen LogP contribution in [0.2, 0.25) is 0 Å². The summed E-state index contributed by atoms with van der Waals surface area (Å²) in [4.78, 5) is 23.3. The van der Waals surface area contributed by atoms with Gasteiger partial charge in [-0.05, 0) is 25.7 Å².